The molecule has 1 fully saturated rings. The highest BCUT2D eigenvalue weighted by molar-refractivity contribution is 6.33. The van der Waals surface area contributed by atoms with E-state index in [4.69, 9.17) is 21.5 Å². The smallest absolute Gasteiger partial charge is 0.123 e. The number of unbranched alkanes of at least 4 members (excludes halogenated alkanes) is 1. The van der Waals surface area contributed by atoms with Gasteiger partial charge in [-0.25, -0.2) is 4.52 Å². The number of benzene rings is 1. The molecule has 3 heterocycles. The minimum Gasteiger partial charge on any atom is -0.493 e. The Morgan fingerprint density at radius 2 is 1.97 bits per heavy atom. The number of hydrogen-bond donors (Lipinski definition) is 1. The van der Waals surface area contributed by atoms with Crippen LogP contribution in [-0.4, -0.2) is 65.3 Å². The summed E-state index contributed by atoms with van der Waals surface area (Å²) in [7, 11) is 0. The van der Waals surface area contributed by atoms with E-state index >= 15 is 0 Å². The number of fused-ring (bicyclic) bond motifs is 1. The summed E-state index contributed by atoms with van der Waals surface area (Å²) < 4.78 is 7.63. The number of halogens is 1. The number of pyridine rings is 1. The maximum absolute atomic E-state index is 8.75. The molecule has 30 heavy (non-hydrogen) atoms. The van der Waals surface area contributed by atoms with Gasteiger partial charge in [-0.15, -0.1) is 0 Å². The van der Waals surface area contributed by atoms with Crippen molar-refractivity contribution in [2.75, 3.05) is 44.2 Å². The molecule has 1 N–H and O–H groups in total. The lowest BCUT2D eigenvalue weighted by Gasteiger charge is -2.36. The Kier molecular flexibility index (Phi) is 6.71. The number of aromatic nitrogens is 2. The molecule has 3 aromatic rings. The second kappa shape index (κ2) is 9.82. The van der Waals surface area contributed by atoms with E-state index in [-0.39, 0.29) is 0 Å². The molecule has 0 radical (unpaired) electrons. The van der Waals surface area contributed by atoms with Gasteiger partial charge in [0.15, 0.2) is 0 Å². The topological polar surface area (TPSA) is 65.6 Å². The first-order valence-electron chi connectivity index (χ1n) is 10.2. The highest BCUT2D eigenvalue weighted by atomic mass is 35.5. The number of hydrogen-bond acceptors (Lipinski definition) is 6. The van der Waals surface area contributed by atoms with Crippen molar-refractivity contribution < 1.29 is 9.94 Å². The lowest BCUT2D eigenvalue weighted by molar-refractivity contribution is 0.238. The van der Waals surface area contributed by atoms with Crippen molar-refractivity contribution in [2.45, 2.75) is 12.8 Å². The quantitative estimate of drug-likeness (QED) is 0.256. The normalized spacial score (nSPS) is 15.3. The van der Waals surface area contributed by atoms with Crippen molar-refractivity contribution in [1.82, 2.24) is 14.5 Å². The Labute approximate surface area is 181 Å². The van der Waals surface area contributed by atoms with Gasteiger partial charge in [-0.3, -0.25) is 4.90 Å². The van der Waals surface area contributed by atoms with Gasteiger partial charge in [0.05, 0.1) is 35.2 Å². The lowest BCUT2D eigenvalue weighted by Crippen LogP contribution is -2.46. The molecule has 0 amide bonds. The van der Waals surface area contributed by atoms with Gasteiger partial charge in [-0.05, 0) is 37.6 Å². The number of rotatable bonds is 8. The van der Waals surface area contributed by atoms with Crippen LogP contribution in [0.1, 0.15) is 18.4 Å². The third-order valence-corrected chi connectivity index (χ3v) is 5.74. The molecule has 1 saturated heterocycles. The van der Waals surface area contributed by atoms with Gasteiger partial charge in [-0.1, -0.05) is 28.9 Å². The molecule has 2 aromatic heterocycles. The van der Waals surface area contributed by atoms with E-state index < -0.39 is 0 Å². The zero-order valence-electron chi connectivity index (χ0n) is 16.8. The summed E-state index contributed by atoms with van der Waals surface area (Å²) in [5.41, 5.74) is 2.73. The summed E-state index contributed by atoms with van der Waals surface area (Å²) in [5.74, 6) is 0.795. The first-order chi connectivity index (χ1) is 14.7. The average Bonchev–Trinajstić information content (AvgIpc) is 3.17. The first kappa shape index (κ1) is 20.5. The summed E-state index contributed by atoms with van der Waals surface area (Å²) >= 11 is 6.32. The third kappa shape index (κ3) is 4.86. The highest BCUT2D eigenvalue weighted by Gasteiger charge is 2.18. The number of anilines is 1. The van der Waals surface area contributed by atoms with Gasteiger partial charge < -0.3 is 14.8 Å². The van der Waals surface area contributed by atoms with E-state index in [0.29, 0.717) is 6.61 Å². The van der Waals surface area contributed by atoms with E-state index in [2.05, 4.69) is 26.1 Å². The van der Waals surface area contributed by atoms with Crippen LogP contribution in [-0.2, 0) is 0 Å². The van der Waals surface area contributed by atoms with Gasteiger partial charge in [0, 0.05) is 44.0 Å². The Balaban J connectivity index is 1.18. The molecule has 1 aliphatic rings. The van der Waals surface area contributed by atoms with Crippen LogP contribution in [0.5, 0.6) is 5.75 Å². The number of oxime groups is 1. The van der Waals surface area contributed by atoms with Crippen LogP contribution in [0.15, 0.2) is 53.9 Å². The molecule has 0 aliphatic carbocycles. The summed E-state index contributed by atoms with van der Waals surface area (Å²) in [4.78, 5) is 4.87. The maximum atomic E-state index is 8.75. The molecular formula is C22H26ClN5O2. The van der Waals surface area contributed by atoms with Crippen molar-refractivity contribution in [2.24, 2.45) is 5.16 Å². The van der Waals surface area contributed by atoms with Crippen LogP contribution in [0.25, 0.3) is 5.52 Å². The van der Waals surface area contributed by atoms with Gasteiger partial charge in [-0.2, -0.15) is 5.10 Å². The van der Waals surface area contributed by atoms with Gasteiger partial charge in [0.2, 0.25) is 0 Å². The minimum atomic E-state index is 0.674. The Hall–Kier alpha value is -2.77. The van der Waals surface area contributed by atoms with Crippen molar-refractivity contribution in [3.8, 4) is 5.75 Å². The largest absolute Gasteiger partial charge is 0.493 e. The van der Waals surface area contributed by atoms with Crippen LogP contribution >= 0.6 is 11.6 Å². The van der Waals surface area contributed by atoms with Crippen LogP contribution in [0.4, 0.5) is 5.69 Å². The summed E-state index contributed by atoms with van der Waals surface area (Å²) in [6, 6.07) is 11.9. The number of ether oxygens (including phenoxy) is 1. The molecule has 8 heteroatoms. The molecule has 0 atom stereocenters. The van der Waals surface area contributed by atoms with Crippen LogP contribution in [0, 0.1) is 0 Å². The first-order valence-corrected chi connectivity index (χ1v) is 10.6. The highest BCUT2D eigenvalue weighted by Crippen LogP contribution is 2.26. The lowest BCUT2D eigenvalue weighted by atomic mass is 10.2. The summed E-state index contributed by atoms with van der Waals surface area (Å²) in [6.45, 7) is 5.88. The minimum absolute atomic E-state index is 0.674. The van der Waals surface area contributed by atoms with Crippen molar-refractivity contribution in [3.63, 3.8) is 0 Å². The second-order valence-corrected chi connectivity index (χ2v) is 7.78. The third-order valence-electron chi connectivity index (χ3n) is 5.42. The number of piperazine rings is 1. The van der Waals surface area contributed by atoms with Crippen LogP contribution < -0.4 is 9.64 Å². The monoisotopic (exact) mass is 427 g/mol. The number of nitrogens with zero attached hydrogens (tertiary/aromatic N) is 5. The molecule has 0 unspecified atom stereocenters. The molecule has 1 aliphatic heterocycles. The summed E-state index contributed by atoms with van der Waals surface area (Å²) in [5, 5.41) is 16.9. The fraction of sp³-hybridized carbons (Fsp3) is 0.364. The molecule has 1 aromatic carbocycles. The SMILES string of the molecule is ON=Cc1cnn2ccc(OCCCCN3CCN(c4ccccc4Cl)CC3)cc12. The maximum Gasteiger partial charge on any atom is 0.123 e. The molecule has 4 rings (SSSR count). The fourth-order valence-corrected chi connectivity index (χ4v) is 4.03. The number of para-hydroxylation sites is 1. The van der Waals surface area contributed by atoms with E-state index in [1.807, 2.05) is 36.5 Å². The Morgan fingerprint density at radius 1 is 1.13 bits per heavy atom. The predicted octanol–water partition coefficient (Wildman–Crippen LogP) is 3.78. The molecule has 0 saturated carbocycles. The summed E-state index contributed by atoms with van der Waals surface area (Å²) in [6.07, 6.45) is 6.98. The van der Waals surface area contributed by atoms with Crippen molar-refractivity contribution in [1.29, 1.82) is 0 Å². The molecule has 7 nitrogen and oxygen atoms in total. The van der Waals surface area contributed by atoms with E-state index in [9.17, 15) is 0 Å². The standard InChI is InChI=1S/C22H26ClN5O2/c23-20-5-1-2-6-21(20)27-12-10-26(11-13-27)8-3-4-14-30-19-7-9-28-22(15-19)18(16-24-28)17-25-29/h1-2,5-7,9,15-17,29H,3-4,8,10-14H2. The van der Waals surface area contributed by atoms with Crippen LogP contribution in [0.2, 0.25) is 5.02 Å². The molecular weight excluding hydrogens is 402 g/mol. The van der Waals surface area contributed by atoms with E-state index in [1.54, 1.807) is 10.7 Å². The predicted molar refractivity (Wildman–Crippen MR) is 119 cm³/mol. The van der Waals surface area contributed by atoms with Crippen LogP contribution in [0.3, 0.4) is 0 Å². The van der Waals surface area contributed by atoms with Gasteiger partial charge in [0.25, 0.3) is 0 Å². The fourth-order valence-electron chi connectivity index (χ4n) is 3.78. The Morgan fingerprint density at radius 3 is 2.77 bits per heavy atom. The van der Waals surface area contributed by atoms with Crippen molar-refractivity contribution >= 4 is 29.0 Å². The van der Waals surface area contributed by atoms with Gasteiger partial charge in [0.1, 0.15) is 5.75 Å². The molecule has 158 valence electrons. The second-order valence-electron chi connectivity index (χ2n) is 7.37. The van der Waals surface area contributed by atoms with E-state index in [1.165, 1.54) is 6.21 Å². The molecule has 0 spiro atoms. The van der Waals surface area contributed by atoms with Gasteiger partial charge >= 0.3 is 0 Å². The molecule has 0 bridgehead atoms. The average molecular weight is 428 g/mol. The van der Waals surface area contributed by atoms with Crippen molar-refractivity contribution in [3.05, 3.63) is 59.4 Å². The van der Waals surface area contributed by atoms with E-state index in [0.717, 1.165) is 73.1 Å². The zero-order valence-corrected chi connectivity index (χ0v) is 17.6. The zero-order chi connectivity index (χ0) is 20.8. The Bertz CT molecular complexity index is 998.